The fourth-order valence-corrected chi connectivity index (χ4v) is 1.56. The van der Waals surface area contributed by atoms with E-state index < -0.39 is 0 Å². The molecule has 1 rings (SSSR count). The Bertz CT molecular complexity index is 369. The van der Waals surface area contributed by atoms with Crippen molar-refractivity contribution in [2.24, 2.45) is 0 Å². The van der Waals surface area contributed by atoms with Gasteiger partial charge in [0.1, 0.15) is 0 Å². The van der Waals surface area contributed by atoms with E-state index in [1.54, 1.807) is 13.3 Å². The van der Waals surface area contributed by atoms with E-state index in [0.29, 0.717) is 25.5 Å². The van der Waals surface area contributed by atoms with Crippen LogP contribution >= 0.6 is 0 Å². The van der Waals surface area contributed by atoms with Crippen molar-refractivity contribution in [1.82, 2.24) is 10.3 Å². The van der Waals surface area contributed by atoms with Gasteiger partial charge in [-0.25, -0.2) is 4.98 Å². The summed E-state index contributed by atoms with van der Waals surface area (Å²) in [6.07, 6.45) is 2.91. The van der Waals surface area contributed by atoms with Crippen LogP contribution in [-0.2, 0) is 16.1 Å². The molecule has 5 heteroatoms. The Balaban J connectivity index is 2.19. The number of esters is 1. The first-order valence-electron chi connectivity index (χ1n) is 6.12. The van der Waals surface area contributed by atoms with Crippen LogP contribution in [0.3, 0.4) is 0 Å². The van der Waals surface area contributed by atoms with Crippen molar-refractivity contribution in [3.63, 3.8) is 0 Å². The van der Waals surface area contributed by atoms with Gasteiger partial charge in [-0.1, -0.05) is 6.07 Å². The van der Waals surface area contributed by atoms with E-state index in [2.05, 4.69) is 10.3 Å². The van der Waals surface area contributed by atoms with Crippen LogP contribution in [-0.4, -0.2) is 31.2 Å². The highest BCUT2D eigenvalue weighted by molar-refractivity contribution is 5.69. The first kappa shape index (κ1) is 14.4. The fraction of sp³-hybridized carbons (Fsp3) is 0.538. The minimum atomic E-state index is -0.141. The zero-order valence-corrected chi connectivity index (χ0v) is 10.9. The highest BCUT2D eigenvalue weighted by atomic mass is 16.5. The molecule has 0 fully saturated rings. The minimum Gasteiger partial charge on any atom is -0.481 e. The van der Waals surface area contributed by atoms with Crippen LogP contribution in [0.1, 0.15) is 25.3 Å². The number of ether oxygens (including phenoxy) is 2. The molecule has 0 atom stereocenters. The summed E-state index contributed by atoms with van der Waals surface area (Å²) in [7, 11) is 1.60. The number of methoxy groups -OCH3 is 1. The normalized spacial score (nSPS) is 10.1. The van der Waals surface area contributed by atoms with Gasteiger partial charge in [-0.2, -0.15) is 0 Å². The van der Waals surface area contributed by atoms with Gasteiger partial charge in [0.15, 0.2) is 0 Å². The van der Waals surface area contributed by atoms with Crippen molar-refractivity contribution in [2.75, 3.05) is 20.3 Å². The fourth-order valence-electron chi connectivity index (χ4n) is 1.56. The molecule has 1 aromatic rings. The largest absolute Gasteiger partial charge is 0.481 e. The summed E-state index contributed by atoms with van der Waals surface area (Å²) in [5, 5.41) is 3.25. The van der Waals surface area contributed by atoms with E-state index in [1.807, 2.05) is 19.1 Å². The lowest BCUT2D eigenvalue weighted by Gasteiger charge is -2.08. The number of carbonyl (C=O) groups excluding carboxylic acids is 1. The summed E-state index contributed by atoms with van der Waals surface area (Å²) < 4.78 is 9.99. The second kappa shape index (κ2) is 8.47. The average Bonchev–Trinajstić information content (AvgIpc) is 2.39. The van der Waals surface area contributed by atoms with Gasteiger partial charge < -0.3 is 14.8 Å². The van der Waals surface area contributed by atoms with Crippen molar-refractivity contribution < 1.29 is 14.3 Å². The molecule has 1 heterocycles. The third-order valence-corrected chi connectivity index (χ3v) is 2.40. The summed E-state index contributed by atoms with van der Waals surface area (Å²) >= 11 is 0. The number of hydrogen-bond acceptors (Lipinski definition) is 5. The molecule has 0 aromatic carbocycles. The zero-order valence-electron chi connectivity index (χ0n) is 10.9. The molecular weight excluding hydrogens is 232 g/mol. The molecule has 0 amide bonds. The molecule has 0 aliphatic heterocycles. The smallest absolute Gasteiger partial charge is 0.305 e. The maximum absolute atomic E-state index is 11.1. The van der Waals surface area contributed by atoms with Crippen molar-refractivity contribution in [2.45, 2.75) is 26.3 Å². The molecule has 0 unspecified atom stereocenters. The second-order valence-corrected chi connectivity index (χ2v) is 3.76. The first-order valence-corrected chi connectivity index (χ1v) is 6.12. The van der Waals surface area contributed by atoms with E-state index in [-0.39, 0.29) is 5.97 Å². The maximum atomic E-state index is 11.1. The van der Waals surface area contributed by atoms with E-state index in [1.165, 1.54) is 0 Å². The van der Waals surface area contributed by atoms with Crippen molar-refractivity contribution in [1.29, 1.82) is 0 Å². The summed E-state index contributed by atoms with van der Waals surface area (Å²) in [4.78, 5) is 15.2. The Morgan fingerprint density at radius 1 is 1.50 bits per heavy atom. The number of nitrogens with one attached hydrogen (secondary N) is 1. The van der Waals surface area contributed by atoms with Crippen LogP contribution in [0.4, 0.5) is 0 Å². The maximum Gasteiger partial charge on any atom is 0.305 e. The Labute approximate surface area is 108 Å². The second-order valence-electron chi connectivity index (χ2n) is 3.76. The van der Waals surface area contributed by atoms with E-state index in [0.717, 1.165) is 18.5 Å². The summed E-state index contributed by atoms with van der Waals surface area (Å²) in [5.41, 5.74) is 1.01. The van der Waals surface area contributed by atoms with Crippen molar-refractivity contribution in [3.8, 4) is 5.88 Å². The molecule has 0 aliphatic carbocycles. The van der Waals surface area contributed by atoms with E-state index in [4.69, 9.17) is 9.47 Å². The lowest BCUT2D eigenvalue weighted by molar-refractivity contribution is -0.143. The van der Waals surface area contributed by atoms with E-state index >= 15 is 0 Å². The van der Waals surface area contributed by atoms with Gasteiger partial charge in [-0.15, -0.1) is 0 Å². The molecule has 0 aliphatic rings. The number of aromatic nitrogens is 1. The molecule has 0 radical (unpaired) electrons. The minimum absolute atomic E-state index is 0.141. The van der Waals surface area contributed by atoms with Crippen LogP contribution in [0.2, 0.25) is 0 Å². The molecule has 18 heavy (non-hydrogen) atoms. The number of nitrogens with zero attached hydrogens (tertiary/aromatic N) is 1. The molecular formula is C13H20N2O3. The molecule has 100 valence electrons. The van der Waals surface area contributed by atoms with Gasteiger partial charge in [-0.05, 0) is 26.0 Å². The summed E-state index contributed by atoms with van der Waals surface area (Å²) in [6.45, 7) is 3.70. The van der Waals surface area contributed by atoms with Crippen LogP contribution in [0.15, 0.2) is 18.3 Å². The molecule has 0 spiro atoms. The Morgan fingerprint density at radius 3 is 3.06 bits per heavy atom. The Kier molecular flexibility index (Phi) is 6.79. The Hall–Kier alpha value is -1.62. The molecule has 1 N–H and O–H groups in total. The van der Waals surface area contributed by atoms with Crippen LogP contribution in [0, 0.1) is 0 Å². The molecule has 0 saturated heterocycles. The molecule has 1 aromatic heterocycles. The SMILES string of the molecule is CCOC(=O)CCCNCc1cccnc1OC. The van der Waals surface area contributed by atoms with Gasteiger partial charge in [0, 0.05) is 24.7 Å². The van der Waals surface area contributed by atoms with Crippen LogP contribution in [0.5, 0.6) is 5.88 Å². The zero-order chi connectivity index (χ0) is 13.2. The predicted octanol–water partition coefficient (Wildman–Crippen LogP) is 1.52. The highest BCUT2D eigenvalue weighted by Gasteiger charge is 2.03. The standard InChI is InChI=1S/C13H20N2O3/c1-3-18-12(16)7-5-8-14-10-11-6-4-9-15-13(11)17-2/h4,6,9,14H,3,5,7-8,10H2,1-2H3. The number of rotatable bonds is 8. The van der Waals surface area contributed by atoms with Crippen molar-refractivity contribution in [3.05, 3.63) is 23.9 Å². The first-order chi connectivity index (χ1) is 8.77. The van der Waals surface area contributed by atoms with Crippen LogP contribution < -0.4 is 10.1 Å². The number of carbonyl (C=O) groups is 1. The van der Waals surface area contributed by atoms with Crippen LogP contribution in [0.25, 0.3) is 0 Å². The summed E-state index contributed by atoms with van der Waals surface area (Å²) in [6, 6.07) is 3.84. The molecule has 0 saturated carbocycles. The highest BCUT2D eigenvalue weighted by Crippen LogP contribution is 2.12. The topological polar surface area (TPSA) is 60.5 Å². The van der Waals surface area contributed by atoms with E-state index in [9.17, 15) is 4.79 Å². The Morgan fingerprint density at radius 2 is 2.33 bits per heavy atom. The lowest BCUT2D eigenvalue weighted by Crippen LogP contribution is -2.17. The lowest BCUT2D eigenvalue weighted by atomic mass is 10.2. The average molecular weight is 252 g/mol. The third kappa shape index (κ3) is 5.14. The molecule has 5 nitrogen and oxygen atoms in total. The quantitative estimate of drug-likeness (QED) is 0.561. The molecule has 0 bridgehead atoms. The van der Waals surface area contributed by atoms with Gasteiger partial charge in [0.05, 0.1) is 13.7 Å². The van der Waals surface area contributed by atoms with Gasteiger partial charge in [0.2, 0.25) is 5.88 Å². The number of hydrogen-bond donors (Lipinski definition) is 1. The summed E-state index contributed by atoms with van der Waals surface area (Å²) in [5.74, 6) is 0.494. The van der Waals surface area contributed by atoms with Crippen molar-refractivity contribution >= 4 is 5.97 Å². The van der Waals surface area contributed by atoms with Gasteiger partial charge in [0.25, 0.3) is 0 Å². The third-order valence-electron chi connectivity index (χ3n) is 2.40. The predicted molar refractivity (Wildman–Crippen MR) is 68.4 cm³/mol. The van der Waals surface area contributed by atoms with Gasteiger partial charge in [-0.3, -0.25) is 4.79 Å². The van der Waals surface area contributed by atoms with Gasteiger partial charge >= 0.3 is 5.97 Å². The number of pyridine rings is 1. The monoisotopic (exact) mass is 252 g/mol.